The summed E-state index contributed by atoms with van der Waals surface area (Å²) in [4.78, 5) is 0. The largest absolute Gasteiger partial charge is 0.508 e. The maximum Gasteiger partial charge on any atom is 0.229 e. The molecule has 8 nitrogen and oxygen atoms in total. The van der Waals surface area contributed by atoms with Crippen molar-refractivity contribution in [2.75, 3.05) is 13.2 Å². The topological polar surface area (TPSA) is 140 Å². The molecule has 3 atom stereocenters. The highest BCUT2D eigenvalue weighted by molar-refractivity contribution is 5.71. The molecule has 0 saturated heterocycles. The zero-order valence-electron chi connectivity index (χ0n) is 15.9. The smallest absolute Gasteiger partial charge is 0.229 e. The van der Waals surface area contributed by atoms with Crippen LogP contribution in [0.3, 0.4) is 0 Å². The van der Waals surface area contributed by atoms with Crippen molar-refractivity contribution in [2.45, 2.75) is 31.5 Å². The van der Waals surface area contributed by atoms with Crippen molar-refractivity contribution in [3.8, 4) is 17.2 Å². The predicted octanol–water partition coefficient (Wildman–Crippen LogP) is 1.08. The van der Waals surface area contributed by atoms with E-state index in [1.165, 1.54) is 19.1 Å². The van der Waals surface area contributed by atoms with E-state index in [0.717, 1.165) is 5.56 Å². The molecule has 158 valence electrons. The van der Waals surface area contributed by atoms with E-state index in [4.69, 9.17) is 9.47 Å². The summed E-state index contributed by atoms with van der Waals surface area (Å²) in [7, 11) is 0. The van der Waals surface area contributed by atoms with E-state index in [0.29, 0.717) is 5.56 Å². The van der Waals surface area contributed by atoms with Gasteiger partial charge in [0.05, 0.1) is 19.3 Å². The minimum absolute atomic E-state index is 0.0981. The number of hydrogen-bond acceptors (Lipinski definition) is 8. The fourth-order valence-corrected chi connectivity index (χ4v) is 2.42. The van der Waals surface area contributed by atoms with Gasteiger partial charge >= 0.3 is 0 Å². The highest BCUT2D eigenvalue weighted by Crippen LogP contribution is 2.26. The lowest BCUT2D eigenvalue weighted by Crippen LogP contribution is -2.44. The van der Waals surface area contributed by atoms with E-state index in [1.807, 2.05) is 0 Å². The number of aliphatic hydroxyl groups excluding tert-OH is 4. The number of aliphatic hydroxyl groups is 4. The van der Waals surface area contributed by atoms with E-state index in [2.05, 4.69) is 0 Å². The van der Waals surface area contributed by atoms with E-state index < -0.39 is 37.8 Å². The van der Waals surface area contributed by atoms with Crippen molar-refractivity contribution >= 4 is 12.2 Å². The molecule has 0 fully saturated rings. The molecule has 0 bridgehead atoms. The number of phenols is 2. The molecule has 29 heavy (non-hydrogen) atoms. The summed E-state index contributed by atoms with van der Waals surface area (Å²) < 4.78 is 10.9. The molecular formula is C21H26O8. The molecule has 0 radical (unpaired) electrons. The van der Waals surface area contributed by atoms with Gasteiger partial charge < -0.3 is 40.1 Å². The first-order valence-electron chi connectivity index (χ1n) is 9.03. The number of phenolic OH excluding ortho intramolecular Hbond substituents is 2. The number of rotatable bonds is 10. The molecule has 0 aliphatic rings. The van der Waals surface area contributed by atoms with Gasteiger partial charge in [-0.25, -0.2) is 0 Å². The van der Waals surface area contributed by atoms with Gasteiger partial charge in [0, 0.05) is 6.07 Å². The Bertz CT molecular complexity index is 784. The van der Waals surface area contributed by atoms with E-state index in [-0.39, 0.29) is 17.2 Å². The van der Waals surface area contributed by atoms with Gasteiger partial charge in [0.2, 0.25) is 6.29 Å². The third-order valence-electron chi connectivity index (χ3n) is 4.03. The maximum atomic E-state index is 10.1. The molecule has 0 aromatic heterocycles. The second-order valence-electron chi connectivity index (χ2n) is 6.53. The molecule has 0 aliphatic heterocycles. The monoisotopic (exact) mass is 406 g/mol. The van der Waals surface area contributed by atoms with Gasteiger partial charge in [0.15, 0.2) is 0 Å². The predicted molar refractivity (Wildman–Crippen MR) is 106 cm³/mol. The Hall–Kier alpha value is -2.62. The highest BCUT2D eigenvalue weighted by atomic mass is 16.7. The fourth-order valence-electron chi connectivity index (χ4n) is 2.42. The van der Waals surface area contributed by atoms with Crippen molar-refractivity contribution in [3.05, 3.63) is 53.6 Å². The summed E-state index contributed by atoms with van der Waals surface area (Å²) in [5.41, 5.74) is 1.41. The Balaban J connectivity index is 2.21. The lowest BCUT2D eigenvalue weighted by molar-refractivity contribution is -0.205. The minimum atomic E-state index is -1.46. The van der Waals surface area contributed by atoms with Gasteiger partial charge in [-0.3, -0.25) is 0 Å². The van der Waals surface area contributed by atoms with Gasteiger partial charge in [0.1, 0.15) is 29.5 Å². The Labute approximate surface area is 168 Å². The number of benzene rings is 2. The summed E-state index contributed by atoms with van der Waals surface area (Å²) in [6.45, 7) is 0.318. The third-order valence-corrected chi connectivity index (χ3v) is 4.03. The second-order valence-corrected chi connectivity index (χ2v) is 6.53. The molecular weight excluding hydrogens is 380 g/mol. The van der Waals surface area contributed by atoms with Crippen molar-refractivity contribution in [1.82, 2.24) is 0 Å². The van der Waals surface area contributed by atoms with Gasteiger partial charge in [-0.2, -0.15) is 0 Å². The first-order valence-corrected chi connectivity index (χ1v) is 9.03. The number of hydrogen-bond donors (Lipinski definition) is 6. The zero-order valence-corrected chi connectivity index (χ0v) is 15.9. The molecule has 0 aliphatic carbocycles. The average Bonchev–Trinajstić information content (AvgIpc) is 2.69. The van der Waals surface area contributed by atoms with Crippen LogP contribution in [0.15, 0.2) is 42.5 Å². The average molecular weight is 406 g/mol. The Morgan fingerprint density at radius 3 is 2.07 bits per heavy atom. The molecule has 0 heterocycles. The van der Waals surface area contributed by atoms with Gasteiger partial charge in [-0.05, 0) is 42.3 Å². The summed E-state index contributed by atoms with van der Waals surface area (Å²) in [6, 6.07) is 10.9. The second kappa shape index (κ2) is 10.8. The van der Waals surface area contributed by atoms with E-state index >= 15 is 0 Å². The molecule has 0 spiro atoms. The van der Waals surface area contributed by atoms with Crippen LogP contribution in [0.5, 0.6) is 17.2 Å². The van der Waals surface area contributed by atoms with Crippen LogP contribution in [0.2, 0.25) is 0 Å². The molecule has 2 aromatic rings. The first kappa shape index (κ1) is 22.7. The fraction of sp³-hybridized carbons (Fsp3) is 0.333. The van der Waals surface area contributed by atoms with Crippen molar-refractivity contribution in [1.29, 1.82) is 0 Å². The number of ether oxygens (including phenoxy) is 2. The lowest BCUT2D eigenvalue weighted by Gasteiger charge is -2.28. The summed E-state index contributed by atoms with van der Waals surface area (Å²) in [5.74, 6) is 0.204. The van der Waals surface area contributed by atoms with Crippen LogP contribution >= 0.6 is 0 Å². The lowest BCUT2D eigenvalue weighted by atomic mass is 10.1. The Kier molecular flexibility index (Phi) is 8.44. The van der Waals surface area contributed by atoms with Crippen LogP contribution in [0.4, 0.5) is 0 Å². The Morgan fingerprint density at radius 1 is 0.862 bits per heavy atom. The van der Waals surface area contributed by atoms with E-state index in [9.17, 15) is 30.6 Å². The minimum Gasteiger partial charge on any atom is -0.508 e. The van der Waals surface area contributed by atoms with Gasteiger partial charge in [0.25, 0.3) is 0 Å². The molecule has 0 amide bonds. The molecule has 2 aromatic carbocycles. The van der Waals surface area contributed by atoms with Crippen LogP contribution in [-0.4, -0.2) is 68.5 Å². The van der Waals surface area contributed by atoms with Crippen molar-refractivity contribution < 1.29 is 40.1 Å². The van der Waals surface area contributed by atoms with E-state index in [1.54, 1.807) is 42.5 Å². The van der Waals surface area contributed by atoms with Crippen LogP contribution in [0, 0.1) is 0 Å². The summed E-state index contributed by atoms with van der Waals surface area (Å²) >= 11 is 0. The van der Waals surface area contributed by atoms with Crippen LogP contribution in [-0.2, 0) is 4.74 Å². The molecule has 8 heteroatoms. The third kappa shape index (κ3) is 7.04. The van der Waals surface area contributed by atoms with Crippen molar-refractivity contribution in [3.63, 3.8) is 0 Å². The first-order chi connectivity index (χ1) is 13.8. The summed E-state index contributed by atoms with van der Waals surface area (Å²) in [5, 5.41) is 57.5. The molecule has 2 rings (SSSR count). The molecule has 0 saturated carbocycles. The normalized spacial score (nSPS) is 14.8. The van der Waals surface area contributed by atoms with Gasteiger partial charge in [-0.15, -0.1) is 0 Å². The SMILES string of the molecule is CC(O)C(O)[C@H](Oc1cc(O)cc(/C=C/c2ccc(O)cc2)c1)OC(CO)CO. The van der Waals surface area contributed by atoms with Crippen LogP contribution in [0.1, 0.15) is 18.1 Å². The number of aromatic hydroxyl groups is 2. The molecule has 2 unspecified atom stereocenters. The summed E-state index contributed by atoms with van der Waals surface area (Å²) in [6.07, 6.45) is -1.60. The zero-order chi connectivity index (χ0) is 21.4. The quantitative estimate of drug-likeness (QED) is 0.254. The maximum absolute atomic E-state index is 10.1. The van der Waals surface area contributed by atoms with Crippen LogP contribution in [0.25, 0.3) is 12.2 Å². The Morgan fingerprint density at radius 2 is 1.48 bits per heavy atom. The van der Waals surface area contributed by atoms with Crippen molar-refractivity contribution in [2.24, 2.45) is 0 Å². The highest BCUT2D eigenvalue weighted by Gasteiger charge is 2.29. The molecule has 6 N–H and O–H groups in total. The standard InChI is InChI=1S/C21H26O8/c1-13(24)20(27)21(29-19(11-22)12-23)28-18-9-15(8-17(26)10-18)3-2-14-4-6-16(25)7-5-14/h2-10,13,19-27H,11-12H2,1H3/b3-2+/t13?,20?,21-/m1/s1. The van der Waals surface area contributed by atoms with Gasteiger partial charge in [-0.1, -0.05) is 24.3 Å². The van der Waals surface area contributed by atoms with Crippen LogP contribution < -0.4 is 4.74 Å².